The molecule has 0 amide bonds. The van der Waals surface area contributed by atoms with Gasteiger partial charge in [0.25, 0.3) is 0 Å². The number of rotatable bonds is 6. The Kier molecular flexibility index (Phi) is 5.23. The van der Waals surface area contributed by atoms with Crippen LogP contribution in [0.1, 0.15) is 31.0 Å². The molecule has 0 bridgehead atoms. The average Bonchev–Trinajstić information content (AvgIpc) is 2.48. The van der Waals surface area contributed by atoms with Crippen LogP contribution < -0.4 is 15.2 Å². The van der Waals surface area contributed by atoms with E-state index in [1.807, 2.05) is 50.2 Å². The second-order valence-electron chi connectivity index (χ2n) is 5.39. The van der Waals surface area contributed by atoms with Gasteiger partial charge >= 0.3 is 0 Å². The van der Waals surface area contributed by atoms with Gasteiger partial charge in [-0.1, -0.05) is 24.3 Å². The van der Waals surface area contributed by atoms with Crippen molar-refractivity contribution in [3.05, 3.63) is 59.7 Å². The lowest BCUT2D eigenvalue weighted by Crippen LogP contribution is -2.13. The summed E-state index contributed by atoms with van der Waals surface area (Å²) in [5, 5.41) is 0. The molecule has 0 saturated carbocycles. The van der Waals surface area contributed by atoms with Crippen molar-refractivity contribution in [2.75, 3.05) is 7.11 Å². The molecule has 2 rings (SSSR count). The number of methoxy groups -OCH3 is 1. The van der Waals surface area contributed by atoms with E-state index in [1.165, 1.54) is 5.56 Å². The van der Waals surface area contributed by atoms with Crippen LogP contribution in [0.4, 0.5) is 0 Å². The third-order valence-electron chi connectivity index (χ3n) is 3.29. The van der Waals surface area contributed by atoms with Crippen molar-refractivity contribution in [1.82, 2.24) is 0 Å². The Morgan fingerprint density at radius 3 is 2.00 bits per heavy atom. The van der Waals surface area contributed by atoms with Crippen LogP contribution in [0.2, 0.25) is 0 Å². The average molecular weight is 285 g/mol. The lowest BCUT2D eigenvalue weighted by Gasteiger charge is -2.14. The minimum atomic E-state index is -0.0218. The number of hydrogen-bond donors (Lipinski definition) is 1. The highest BCUT2D eigenvalue weighted by molar-refractivity contribution is 5.32. The zero-order valence-electron chi connectivity index (χ0n) is 12.9. The molecule has 2 N–H and O–H groups in total. The summed E-state index contributed by atoms with van der Waals surface area (Å²) in [6, 6.07) is 16.0. The fourth-order valence-electron chi connectivity index (χ4n) is 2.20. The molecular formula is C18H23NO2. The molecule has 0 aliphatic carbocycles. The molecule has 0 aromatic heterocycles. The summed E-state index contributed by atoms with van der Waals surface area (Å²) in [6.07, 6.45) is 0.984. The van der Waals surface area contributed by atoms with Crippen molar-refractivity contribution in [3.8, 4) is 11.5 Å². The summed E-state index contributed by atoms with van der Waals surface area (Å²) in [5.74, 6) is 1.74. The zero-order chi connectivity index (χ0) is 15.2. The van der Waals surface area contributed by atoms with Crippen molar-refractivity contribution in [3.63, 3.8) is 0 Å². The number of benzene rings is 2. The van der Waals surface area contributed by atoms with Gasteiger partial charge in [-0.25, -0.2) is 0 Å². The van der Waals surface area contributed by atoms with Crippen LogP contribution in [-0.2, 0) is 6.42 Å². The van der Waals surface area contributed by atoms with E-state index in [4.69, 9.17) is 15.2 Å². The Balaban J connectivity index is 2.00. The number of nitrogens with two attached hydrogens (primary N) is 1. The SMILES string of the molecule is COc1ccc(CC(N)c2ccc(OC(C)C)cc2)cc1. The molecule has 3 heteroatoms. The Morgan fingerprint density at radius 1 is 0.905 bits per heavy atom. The van der Waals surface area contributed by atoms with Gasteiger partial charge in [-0.3, -0.25) is 0 Å². The van der Waals surface area contributed by atoms with E-state index < -0.39 is 0 Å². The number of ether oxygens (including phenoxy) is 2. The molecule has 21 heavy (non-hydrogen) atoms. The molecule has 0 spiro atoms. The van der Waals surface area contributed by atoms with Gasteiger partial charge in [-0.05, 0) is 55.7 Å². The van der Waals surface area contributed by atoms with Gasteiger partial charge in [0.15, 0.2) is 0 Å². The fraction of sp³-hybridized carbons (Fsp3) is 0.333. The molecule has 112 valence electrons. The summed E-state index contributed by atoms with van der Waals surface area (Å²) < 4.78 is 10.8. The van der Waals surface area contributed by atoms with E-state index in [9.17, 15) is 0 Å². The first kappa shape index (κ1) is 15.4. The molecular weight excluding hydrogens is 262 g/mol. The van der Waals surface area contributed by atoms with Gasteiger partial charge in [0.1, 0.15) is 11.5 Å². The standard InChI is InChI=1S/C18H23NO2/c1-13(2)21-17-10-6-15(7-11-17)18(19)12-14-4-8-16(20-3)9-5-14/h4-11,13,18H,12,19H2,1-3H3. The van der Waals surface area contributed by atoms with Crippen LogP contribution in [0.25, 0.3) is 0 Å². The molecule has 3 nitrogen and oxygen atoms in total. The van der Waals surface area contributed by atoms with Crippen molar-refractivity contribution in [1.29, 1.82) is 0 Å². The van der Waals surface area contributed by atoms with Crippen molar-refractivity contribution >= 4 is 0 Å². The second kappa shape index (κ2) is 7.14. The predicted octanol–water partition coefficient (Wildman–Crippen LogP) is 3.72. The molecule has 0 aliphatic heterocycles. The molecule has 2 aromatic rings. The second-order valence-corrected chi connectivity index (χ2v) is 5.39. The Labute approximate surface area is 126 Å². The van der Waals surface area contributed by atoms with Gasteiger partial charge in [-0.15, -0.1) is 0 Å². The van der Waals surface area contributed by atoms with Gasteiger partial charge in [0.2, 0.25) is 0 Å². The van der Waals surface area contributed by atoms with E-state index in [2.05, 4.69) is 12.1 Å². The van der Waals surface area contributed by atoms with E-state index in [1.54, 1.807) is 7.11 Å². The van der Waals surface area contributed by atoms with E-state index in [0.29, 0.717) is 0 Å². The van der Waals surface area contributed by atoms with Crippen LogP contribution in [0, 0.1) is 0 Å². The fourth-order valence-corrected chi connectivity index (χ4v) is 2.20. The molecule has 0 saturated heterocycles. The highest BCUT2D eigenvalue weighted by Crippen LogP contribution is 2.21. The molecule has 1 unspecified atom stereocenters. The summed E-state index contributed by atoms with van der Waals surface area (Å²) in [6.45, 7) is 4.03. The molecule has 0 fully saturated rings. The highest BCUT2D eigenvalue weighted by atomic mass is 16.5. The minimum absolute atomic E-state index is 0.0218. The molecule has 0 heterocycles. The van der Waals surface area contributed by atoms with E-state index >= 15 is 0 Å². The predicted molar refractivity (Wildman–Crippen MR) is 85.8 cm³/mol. The maximum atomic E-state index is 6.28. The largest absolute Gasteiger partial charge is 0.497 e. The Morgan fingerprint density at radius 2 is 1.48 bits per heavy atom. The molecule has 1 atom stereocenters. The van der Waals surface area contributed by atoms with Crippen LogP contribution in [-0.4, -0.2) is 13.2 Å². The van der Waals surface area contributed by atoms with Crippen molar-refractivity contribution in [2.45, 2.75) is 32.4 Å². The van der Waals surface area contributed by atoms with Crippen LogP contribution in [0.5, 0.6) is 11.5 Å². The first-order valence-electron chi connectivity index (χ1n) is 7.23. The van der Waals surface area contributed by atoms with Gasteiger partial charge in [0, 0.05) is 6.04 Å². The van der Waals surface area contributed by atoms with Crippen LogP contribution in [0.15, 0.2) is 48.5 Å². The quantitative estimate of drug-likeness (QED) is 0.879. The summed E-state index contributed by atoms with van der Waals surface area (Å²) in [4.78, 5) is 0. The third-order valence-corrected chi connectivity index (χ3v) is 3.29. The molecule has 0 radical (unpaired) electrons. The normalized spacial score (nSPS) is 12.2. The lowest BCUT2D eigenvalue weighted by molar-refractivity contribution is 0.242. The molecule has 0 aliphatic rings. The topological polar surface area (TPSA) is 44.5 Å². The van der Waals surface area contributed by atoms with Crippen LogP contribution >= 0.6 is 0 Å². The monoisotopic (exact) mass is 285 g/mol. The maximum Gasteiger partial charge on any atom is 0.119 e. The first-order valence-corrected chi connectivity index (χ1v) is 7.23. The van der Waals surface area contributed by atoms with Gasteiger partial charge in [0.05, 0.1) is 13.2 Å². The maximum absolute atomic E-state index is 6.28. The van der Waals surface area contributed by atoms with E-state index in [-0.39, 0.29) is 12.1 Å². The lowest BCUT2D eigenvalue weighted by atomic mass is 9.99. The van der Waals surface area contributed by atoms with Crippen molar-refractivity contribution < 1.29 is 9.47 Å². The van der Waals surface area contributed by atoms with Gasteiger partial charge < -0.3 is 15.2 Å². The Hall–Kier alpha value is -2.00. The summed E-state index contributed by atoms with van der Waals surface area (Å²) in [7, 11) is 1.67. The minimum Gasteiger partial charge on any atom is -0.497 e. The van der Waals surface area contributed by atoms with Crippen molar-refractivity contribution in [2.24, 2.45) is 5.73 Å². The summed E-state index contributed by atoms with van der Waals surface area (Å²) >= 11 is 0. The zero-order valence-corrected chi connectivity index (χ0v) is 12.9. The molecule has 2 aromatic carbocycles. The highest BCUT2D eigenvalue weighted by Gasteiger charge is 2.08. The smallest absolute Gasteiger partial charge is 0.119 e. The van der Waals surface area contributed by atoms with Crippen LogP contribution in [0.3, 0.4) is 0 Å². The van der Waals surface area contributed by atoms with E-state index in [0.717, 1.165) is 23.5 Å². The number of hydrogen-bond acceptors (Lipinski definition) is 3. The van der Waals surface area contributed by atoms with Gasteiger partial charge in [-0.2, -0.15) is 0 Å². The summed E-state index contributed by atoms with van der Waals surface area (Å²) in [5.41, 5.74) is 8.59. The Bertz CT molecular complexity index is 546. The third kappa shape index (κ3) is 4.50. The first-order chi connectivity index (χ1) is 10.1.